The molecule has 0 amide bonds. The van der Waals surface area contributed by atoms with Gasteiger partial charge in [-0.05, 0) is 33.5 Å². The van der Waals surface area contributed by atoms with Gasteiger partial charge in [-0.15, -0.1) is 0 Å². The number of rotatable bonds is 8. The number of aryl methyl sites for hydroxylation is 1. The number of likely N-dealkylation sites (N-methyl/N-ethyl adjacent to an activating group) is 1. The minimum absolute atomic E-state index is 0.0245. The maximum atomic E-state index is 12.7. The van der Waals surface area contributed by atoms with E-state index in [-0.39, 0.29) is 22.8 Å². The summed E-state index contributed by atoms with van der Waals surface area (Å²) in [6.07, 6.45) is 1.86. The monoisotopic (exact) mass is 400 g/mol. The molecular formula is C19H24N6O4. The van der Waals surface area contributed by atoms with Gasteiger partial charge < -0.3 is 19.7 Å². The van der Waals surface area contributed by atoms with Crippen molar-refractivity contribution in [2.45, 2.75) is 26.8 Å². The number of carboxylic acid groups (broad SMARTS) is 1. The number of carbonyl (C=O) groups is 1. The molecule has 0 aliphatic rings. The van der Waals surface area contributed by atoms with Crippen LogP contribution in [0.4, 0.5) is 0 Å². The molecule has 2 N–H and O–H groups in total. The third-order valence-electron chi connectivity index (χ3n) is 4.43. The van der Waals surface area contributed by atoms with Gasteiger partial charge in [0.2, 0.25) is 5.88 Å². The van der Waals surface area contributed by atoms with Crippen molar-refractivity contribution in [2.75, 3.05) is 27.2 Å². The number of aromatic carboxylic acids is 1. The summed E-state index contributed by atoms with van der Waals surface area (Å²) in [6, 6.07) is 1.40. The minimum atomic E-state index is -1.13. The van der Waals surface area contributed by atoms with Crippen LogP contribution in [-0.2, 0) is 13.0 Å². The molecule has 3 heterocycles. The molecule has 0 atom stereocenters. The number of aromatic nitrogens is 5. The summed E-state index contributed by atoms with van der Waals surface area (Å²) in [6.45, 7) is 5.50. The second-order valence-corrected chi connectivity index (χ2v) is 6.75. The van der Waals surface area contributed by atoms with Gasteiger partial charge in [-0.3, -0.25) is 9.48 Å². The van der Waals surface area contributed by atoms with E-state index in [1.165, 1.54) is 12.3 Å². The number of H-pyrrole nitrogens is 1. The molecule has 3 aromatic heterocycles. The van der Waals surface area contributed by atoms with E-state index < -0.39 is 11.5 Å². The standard InChI is InChI=1S/C19H24N6O4/c1-5-13-14-15(23-25(13)8-7-24(3)4)17(26)22-16(21-14)12-9-11(19(27)28)10-20-18(12)29-6-2/h9-10H,5-8H2,1-4H3,(H,27,28)(H,21,22,26). The van der Waals surface area contributed by atoms with Gasteiger partial charge in [0.15, 0.2) is 5.52 Å². The van der Waals surface area contributed by atoms with Crippen LogP contribution >= 0.6 is 0 Å². The Morgan fingerprint density at radius 1 is 1.31 bits per heavy atom. The number of hydrogen-bond donors (Lipinski definition) is 2. The van der Waals surface area contributed by atoms with Gasteiger partial charge in [-0.25, -0.2) is 14.8 Å². The quantitative estimate of drug-likeness (QED) is 0.581. The molecule has 0 aliphatic heterocycles. The molecule has 0 aliphatic carbocycles. The Bertz CT molecular complexity index is 1100. The zero-order valence-electron chi connectivity index (χ0n) is 16.9. The molecule has 0 radical (unpaired) electrons. The van der Waals surface area contributed by atoms with E-state index in [0.29, 0.717) is 30.7 Å². The van der Waals surface area contributed by atoms with Gasteiger partial charge in [-0.1, -0.05) is 6.92 Å². The van der Waals surface area contributed by atoms with E-state index in [4.69, 9.17) is 4.74 Å². The number of aromatic amines is 1. The van der Waals surface area contributed by atoms with E-state index in [1.54, 1.807) is 11.6 Å². The highest BCUT2D eigenvalue weighted by molar-refractivity contribution is 5.89. The van der Waals surface area contributed by atoms with E-state index in [1.807, 2.05) is 25.9 Å². The predicted molar refractivity (Wildman–Crippen MR) is 107 cm³/mol. The molecule has 0 unspecified atom stereocenters. The first-order valence-electron chi connectivity index (χ1n) is 9.36. The third-order valence-corrected chi connectivity index (χ3v) is 4.43. The number of pyridine rings is 1. The van der Waals surface area contributed by atoms with Crippen LogP contribution in [0.3, 0.4) is 0 Å². The van der Waals surface area contributed by atoms with Crippen molar-refractivity contribution in [1.82, 2.24) is 29.6 Å². The third kappa shape index (κ3) is 4.11. The Morgan fingerprint density at radius 3 is 2.69 bits per heavy atom. The molecule has 10 heteroatoms. The SMILES string of the molecule is CCOc1ncc(C(=O)O)cc1-c1nc2c(CC)n(CCN(C)C)nc2c(=O)[nH]1. The lowest BCUT2D eigenvalue weighted by Gasteiger charge is -2.11. The molecule has 10 nitrogen and oxygen atoms in total. The Kier molecular flexibility index (Phi) is 5.92. The molecule has 0 saturated heterocycles. The average molecular weight is 400 g/mol. The smallest absolute Gasteiger partial charge is 0.337 e. The molecule has 0 spiro atoms. The summed E-state index contributed by atoms with van der Waals surface area (Å²) in [5.41, 5.74) is 1.48. The normalized spacial score (nSPS) is 11.3. The fraction of sp³-hybridized carbons (Fsp3) is 0.421. The molecule has 0 fully saturated rings. The Balaban J connectivity index is 2.20. The summed E-state index contributed by atoms with van der Waals surface area (Å²) < 4.78 is 7.31. The molecule has 3 aromatic rings. The average Bonchev–Trinajstić information content (AvgIpc) is 3.04. The maximum Gasteiger partial charge on any atom is 0.337 e. The van der Waals surface area contributed by atoms with Crippen molar-refractivity contribution < 1.29 is 14.6 Å². The first-order chi connectivity index (χ1) is 13.8. The minimum Gasteiger partial charge on any atom is -0.478 e. The number of hydrogen-bond acceptors (Lipinski definition) is 7. The Hall–Kier alpha value is -3.27. The van der Waals surface area contributed by atoms with Crippen LogP contribution in [0.15, 0.2) is 17.1 Å². The van der Waals surface area contributed by atoms with Crippen molar-refractivity contribution in [3.63, 3.8) is 0 Å². The van der Waals surface area contributed by atoms with Crippen LogP contribution in [0.25, 0.3) is 22.4 Å². The topological polar surface area (TPSA) is 126 Å². The lowest BCUT2D eigenvalue weighted by molar-refractivity contribution is 0.0696. The molecule has 154 valence electrons. The highest BCUT2D eigenvalue weighted by Crippen LogP contribution is 2.27. The van der Waals surface area contributed by atoms with Crippen molar-refractivity contribution in [3.05, 3.63) is 33.9 Å². The Morgan fingerprint density at radius 2 is 2.07 bits per heavy atom. The molecular weight excluding hydrogens is 376 g/mol. The second kappa shape index (κ2) is 8.39. The zero-order valence-corrected chi connectivity index (χ0v) is 16.9. The van der Waals surface area contributed by atoms with Crippen LogP contribution in [-0.4, -0.2) is 68.0 Å². The first-order valence-corrected chi connectivity index (χ1v) is 9.36. The van der Waals surface area contributed by atoms with Gasteiger partial charge in [-0.2, -0.15) is 5.10 Å². The van der Waals surface area contributed by atoms with E-state index in [0.717, 1.165) is 12.2 Å². The van der Waals surface area contributed by atoms with E-state index >= 15 is 0 Å². The summed E-state index contributed by atoms with van der Waals surface area (Å²) >= 11 is 0. The molecule has 3 rings (SSSR count). The van der Waals surface area contributed by atoms with Gasteiger partial charge in [0, 0.05) is 12.7 Å². The van der Waals surface area contributed by atoms with Gasteiger partial charge in [0.1, 0.15) is 11.3 Å². The Labute approximate surface area is 167 Å². The van der Waals surface area contributed by atoms with Crippen LogP contribution in [0.1, 0.15) is 29.9 Å². The van der Waals surface area contributed by atoms with Crippen LogP contribution < -0.4 is 10.3 Å². The van der Waals surface area contributed by atoms with Crippen molar-refractivity contribution in [2.24, 2.45) is 0 Å². The highest BCUT2D eigenvalue weighted by atomic mass is 16.5. The van der Waals surface area contributed by atoms with E-state index in [2.05, 4.69) is 20.1 Å². The predicted octanol–water partition coefficient (Wildman–Crippen LogP) is 1.40. The van der Waals surface area contributed by atoms with Crippen LogP contribution in [0, 0.1) is 0 Å². The second-order valence-electron chi connectivity index (χ2n) is 6.75. The van der Waals surface area contributed by atoms with E-state index in [9.17, 15) is 14.7 Å². The zero-order chi connectivity index (χ0) is 21.1. The molecule has 0 bridgehead atoms. The summed E-state index contributed by atoms with van der Waals surface area (Å²) in [7, 11) is 3.94. The van der Waals surface area contributed by atoms with Gasteiger partial charge in [0.05, 0.1) is 30.0 Å². The fourth-order valence-electron chi connectivity index (χ4n) is 3.01. The molecule has 0 saturated carbocycles. The number of carboxylic acids is 1. The largest absolute Gasteiger partial charge is 0.478 e. The number of ether oxygens (including phenoxy) is 1. The first kappa shape index (κ1) is 20.5. The van der Waals surface area contributed by atoms with Crippen LogP contribution in [0.2, 0.25) is 0 Å². The van der Waals surface area contributed by atoms with Gasteiger partial charge >= 0.3 is 5.97 Å². The molecule has 0 aromatic carbocycles. The number of fused-ring (bicyclic) bond motifs is 1. The van der Waals surface area contributed by atoms with Gasteiger partial charge in [0.25, 0.3) is 5.56 Å². The summed E-state index contributed by atoms with van der Waals surface area (Å²) in [4.78, 5) is 37.5. The van der Waals surface area contributed by atoms with Crippen molar-refractivity contribution >= 4 is 17.0 Å². The van der Waals surface area contributed by atoms with Crippen LogP contribution in [0.5, 0.6) is 5.88 Å². The molecule has 29 heavy (non-hydrogen) atoms. The maximum absolute atomic E-state index is 12.7. The van der Waals surface area contributed by atoms with Crippen molar-refractivity contribution in [1.29, 1.82) is 0 Å². The lowest BCUT2D eigenvalue weighted by Crippen LogP contribution is -2.20. The fourth-order valence-corrected chi connectivity index (χ4v) is 3.01. The van der Waals surface area contributed by atoms with Crippen molar-refractivity contribution in [3.8, 4) is 17.3 Å². The number of nitrogens with one attached hydrogen (secondary N) is 1. The lowest BCUT2D eigenvalue weighted by atomic mass is 10.1. The summed E-state index contributed by atoms with van der Waals surface area (Å²) in [5.74, 6) is -0.725. The number of nitrogens with zero attached hydrogens (tertiary/aromatic N) is 5. The summed E-state index contributed by atoms with van der Waals surface area (Å²) in [5, 5.41) is 13.7. The highest BCUT2D eigenvalue weighted by Gasteiger charge is 2.20.